The smallest absolute Gasteiger partial charge is 0.160 e. The molecule has 2 nitrogen and oxygen atoms in total. The third-order valence-electron chi connectivity index (χ3n) is 9.14. The topological polar surface area (TPSA) is 25.8 Å². The van der Waals surface area contributed by atoms with Crippen molar-refractivity contribution >= 4 is 31.5 Å². The van der Waals surface area contributed by atoms with Gasteiger partial charge in [-0.25, -0.2) is 9.97 Å². The van der Waals surface area contributed by atoms with E-state index in [4.69, 9.17) is 9.97 Å². The number of thiophene rings is 1. The molecule has 7 aromatic carbocycles. The number of aromatic nitrogens is 2. The Morgan fingerprint density at radius 1 is 0.327 bits per heavy atom. The molecule has 9 rings (SSSR count). The second-order valence-electron chi connectivity index (χ2n) is 12.2. The fourth-order valence-electron chi connectivity index (χ4n) is 6.64. The lowest BCUT2D eigenvalue weighted by Crippen LogP contribution is -1.96. The van der Waals surface area contributed by atoms with Crippen LogP contribution < -0.4 is 0 Å². The molecule has 0 amide bonds. The van der Waals surface area contributed by atoms with Crippen LogP contribution in [0, 0.1) is 0 Å². The van der Waals surface area contributed by atoms with Gasteiger partial charge >= 0.3 is 0 Å². The molecule has 0 saturated heterocycles. The quantitative estimate of drug-likeness (QED) is 0.180. The van der Waals surface area contributed by atoms with E-state index in [0.717, 1.165) is 33.6 Å². The first-order chi connectivity index (χ1) is 24.3. The van der Waals surface area contributed by atoms with Gasteiger partial charge in [-0.15, -0.1) is 11.3 Å². The van der Waals surface area contributed by atoms with Crippen LogP contribution in [0.1, 0.15) is 0 Å². The van der Waals surface area contributed by atoms with Gasteiger partial charge in [0.05, 0.1) is 11.4 Å². The third kappa shape index (κ3) is 5.61. The maximum atomic E-state index is 5.17. The maximum Gasteiger partial charge on any atom is 0.160 e. The number of rotatable bonds is 6. The molecule has 49 heavy (non-hydrogen) atoms. The molecular formula is C46H30N2S. The lowest BCUT2D eigenvalue weighted by Gasteiger charge is -2.12. The Kier molecular flexibility index (Phi) is 7.38. The van der Waals surface area contributed by atoms with Gasteiger partial charge in [0.25, 0.3) is 0 Å². The minimum atomic E-state index is 0.705. The zero-order valence-corrected chi connectivity index (χ0v) is 27.4. The van der Waals surface area contributed by atoms with Gasteiger partial charge in [0.15, 0.2) is 5.82 Å². The normalized spacial score (nSPS) is 11.3. The summed E-state index contributed by atoms with van der Waals surface area (Å²) in [5.41, 5.74) is 12.0. The molecule has 0 aliphatic rings. The Balaban J connectivity index is 1.14. The van der Waals surface area contributed by atoms with E-state index in [-0.39, 0.29) is 0 Å². The van der Waals surface area contributed by atoms with Crippen molar-refractivity contribution in [1.82, 2.24) is 9.97 Å². The summed E-state index contributed by atoms with van der Waals surface area (Å²) in [6.45, 7) is 0. The predicted molar refractivity (Wildman–Crippen MR) is 208 cm³/mol. The molecule has 0 unspecified atom stereocenters. The van der Waals surface area contributed by atoms with E-state index in [1.807, 2.05) is 23.5 Å². The summed E-state index contributed by atoms with van der Waals surface area (Å²) in [5.74, 6) is 0.705. The number of benzene rings is 7. The Labute approximate surface area is 289 Å². The summed E-state index contributed by atoms with van der Waals surface area (Å²) < 4.78 is 2.62. The fraction of sp³-hybridized carbons (Fsp3) is 0. The zero-order chi connectivity index (χ0) is 32.6. The molecule has 0 N–H and O–H groups in total. The molecule has 0 saturated carbocycles. The Bertz CT molecular complexity index is 2570. The molecule has 0 atom stereocenters. The number of nitrogens with zero attached hydrogens (tertiary/aromatic N) is 2. The molecule has 0 aliphatic carbocycles. The highest BCUT2D eigenvalue weighted by atomic mass is 32.1. The van der Waals surface area contributed by atoms with E-state index in [1.165, 1.54) is 48.0 Å². The Morgan fingerprint density at radius 2 is 0.816 bits per heavy atom. The van der Waals surface area contributed by atoms with Crippen LogP contribution in [0.3, 0.4) is 0 Å². The minimum Gasteiger partial charge on any atom is -0.228 e. The SMILES string of the molecule is c1ccc(-c2ccc(-c3cc(-c4ccc(-c5cccc6sc7ccccc7c56)cc4)nc(-c4cccc(-c5ccccc5)c4)n3)cc2)cc1. The van der Waals surface area contributed by atoms with Crippen molar-refractivity contribution in [2.45, 2.75) is 0 Å². The molecule has 2 heterocycles. The highest BCUT2D eigenvalue weighted by Gasteiger charge is 2.14. The summed E-state index contributed by atoms with van der Waals surface area (Å²) in [6.07, 6.45) is 0. The van der Waals surface area contributed by atoms with Crippen LogP contribution in [0.15, 0.2) is 182 Å². The molecule has 2 aromatic heterocycles. The van der Waals surface area contributed by atoms with Crippen LogP contribution >= 0.6 is 11.3 Å². The summed E-state index contributed by atoms with van der Waals surface area (Å²) >= 11 is 1.85. The standard InChI is InChI=1S/C46H30N2S/c1-3-11-31(12-4-1)33-21-25-35(26-22-33)41-30-42(48-46(47-41)38-16-9-15-37(29-38)32-13-5-2-6-14-32)36-27-23-34(24-28-36)39-18-10-20-44-45(39)40-17-7-8-19-43(40)49-44/h1-30H. The van der Waals surface area contributed by atoms with Crippen molar-refractivity contribution in [1.29, 1.82) is 0 Å². The first-order valence-electron chi connectivity index (χ1n) is 16.5. The van der Waals surface area contributed by atoms with E-state index in [9.17, 15) is 0 Å². The maximum absolute atomic E-state index is 5.17. The van der Waals surface area contributed by atoms with Crippen LogP contribution in [-0.4, -0.2) is 9.97 Å². The van der Waals surface area contributed by atoms with Gasteiger partial charge in [0.2, 0.25) is 0 Å². The lowest BCUT2D eigenvalue weighted by atomic mass is 9.97. The number of fused-ring (bicyclic) bond motifs is 3. The highest BCUT2D eigenvalue weighted by molar-refractivity contribution is 7.25. The summed E-state index contributed by atoms with van der Waals surface area (Å²) in [4.78, 5) is 10.3. The molecule has 230 valence electrons. The molecule has 0 aliphatic heterocycles. The summed E-state index contributed by atoms with van der Waals surface area (Å²) in [7, 11) is 0. The first-order valence-corrected chi connectivity index (χ1v) is 17.3. The van der Waals surface area contributed by atoms with Crippen LogP contribution in [0.4, 0.5) is 0 Å². The van der Waals surface area contributed by atoms with Crippen molar-refractivity contribution in [2.24, 2.45) is 0 Å². The third-order valence-corrected chi connectivity index (χ3v) is 10.3. The van der Waals surface area contributed by atoms with Gasteiger partial charge in [-0.3, -0.25) is 0 Å². The monoisotopic (exact) mass is 642 g/mol. The van der Waals surface area contributed by atoms with E-state index >= 15 is 0 Å². The summed E-state index contributed by atoms with van der Waals surface area (Å²) in [5, 5.41) is 2.63. The van der Waals surface area contributed by atoms with E-state index < -0.39 is 0 Å². The molecule has 0 bridgehead atoms. The molecule has 0 spiro atoms. The first kappa shape index (κ1) is 29.0. The van der Waals surface area contributed by atoms with E-state index in [0.29, 0.717) is 5.82 Å². The van der Waals surface area contributed by atoms with E-state index in [2.05, 4.69) is 170 Å². The molecule has 9 aromatic rings. The van der Waals surface area contributed by atoms with Crippen LogP contribution in [0.25, 0.3) is 87.5 Å². The van der Waals surface area contributed by atoms with Gasteiger partial charge in [0.1, 0.15) is 0 Å². The van der Waals surface area contributed by atoms with Gasteiger partial charge in [-0.1, -0.05) is 158 Å². The zero-order valence-electron chi connectivity index (χ0n) is 26.6. The number of hydrogen-bond donors (Lipinski definition) is 0. The Morgan fingerprint density at radius 3 is 1.51 bits per heavy atom. The molecule has 3 heteroatoms. The van der Waals surface area contributed by atoms with Gasteiger partial charge in [-0.2, -0.15) is 0 Å². The van der Waals surface area contributed by atoms with Gasteiger partial charge < -0.3 is 0 Å². The lowest BCUT2D eigenvalue weighted by molar-refractivity contribution is 1.18. The Hall–Kier alpha value is -6.16. The second kappa shape index (κ2) is 12.5. The van der Waals surface area contributed by atoms with Crippen LogP contribution in [-0.2, 0) is 0 Å². The largest absolute Gasteiger partial charge is 0.228 e. The summed E-state index contributed by atoms with van der Waals surface area (Å²) in [6, 6.07) is 64.4. The molecule has 0 fully saturated rings. The van der Waals surface area contributed by atoms with Crippen molar-refractivity contribution in [2.75, 3.05) is 0 Å². The average molecular weight is 643 g/mol. The van der Waals surface area contributed by atoms with Gasteiger partial charge in [0, 0.05) is 36.9 Å². The molecular weight excluding hydrogens is 613 g/mol. The molecule has 0 radical (unpaired) electrons. The highest BCUT2D eigenvalue weighted by Crippen LogP contribution is 2.40. The number of hydrogen-bond acceptors (Lipinski definition) is 3. The average Bonchev–Trinajstić information content (AvgIpc) is 3.58. The van der Waals surface area contributed by atoms with Crippen molar-refractivity contribution in [3.05, 3.63) is 182 Å². The van der Waals surface area contributed by atoms with Crippen LogP contribution in [0.5, 0.6) is 0 Å². The van der Waals surface area contributed by atoms with Gasteiger partial charge in [-0.05, 0) is 57.6 Å². The van der Waals surface area contributed by atoms with Crippen LogP contribution in [0.2, 0.25) is 0 Å². The minimum absolute atomic E-state index is 0.705. The van der Waals surface area contributed by atoms with Crippen molar-refractivity contribution in [3.63, 3.8) is 0 Å². The van der Waals surface area contributed by atoms with Crippen molar-refractivity contribution < 1.29 is 0 Å². The van der Waals surface area contributed by atoms with Crippen molar-refractivity contribution in [3.8, 4) is 67.3 Å². The fourth-order valence-corrected chi connectivity index (χ4v) is 7.77. The predicted octanol–water partition coefficient (Wildman–Crippen LogP) is 12.8. The second-order valence-corrected chi connectivity index (χ2v) is 13.3. The van der Waals surface area contributed by atoms with E-state index in [1.54, 1.807) is 0 Å².